The second-order valence-electron chi connectivity index (χ2n) is 5.77. The lowest BCUT2D eigenvalue weighted by atomic mass is 10.2. The van der Waals surface area contributed by atoms with Crippen molar-refractivity contribution in [2.45, 2.75) is 30.6 Å². The van der Waals surface area contributed by atoms with E-state index in [1.165, 1.54) is 23.5 Å². The molecule has 5 nitrogen and oxygen atoms in total. The highest BCUT2D eigenvalue weighted by Gasteiger charge is 2.46. The first kappa shape index (κ1) is 17.6. The fourth-order valence-electron chi connectivity index (χ4n) is 3.08. The first-order valence-electron chi connectivity index (χ1n) is 8.14. The molecule has 138 valence electrons. The van der Waals surface area contributed by atoms with Crippen LogP contribution in [0.25, 0.3) is 0 Å². The van der Waals surface area contributed by atoms with Gasteiger partial charge >= 0.3 is 6.18 Å². The fraction of sp³-hybridized carbons (Fsp3) is 0.375. The highest BCUT2D eigenvalue weighted by Crippen LogP contribution is 2.52. The number of fused-ring (bicyclic) bond motifs is 3. The highest BCUT2D eigenvalue weighted by molar-refractivity contribution is 8.07. The number of halogens is 3. The van der Waals surface area contributed by atoms with Crippen molar-refractivity contribution in [1.29, 1.82) is 0 Å². The summed E-state index contributed by atoms with van der Waals surface area (Å²) >= 11 is 2.69. The van der Waals surface area contributed by atoms with Crippen LogP contribution in [0, 0.1) is 0 Å². The number of nitrogens with zero attached hydrogens (tertiary/aromatic N) is 5. The van der Waals surface area contributed by atoms with Gasteiger partial charge in [0.15, 0.2) is 0 Å². The Hall–Kier alpha value is -1.81. The van der Waals surface area contributed by atoms with E-state index in [9.17, 15) is 13.2 Å². The van der Waals surface area contributed by atoms with E-state index in [2.05, 4.69) is 28.9 Å². The first-order chi connectivity index (χ1) is 12.4. The van der Waals surface area contributed by atoms with Crippen molar-refractivity contribution in [3.8, 4) is 0 Å². The van der Waals surface area contributed by atoms with Gasteiger partial charge in [-0.15, -0.1) is 10.2 Å². The molecule has 0 radical (unpaired) electrons. The van der Waals surface area contributed by atoms with Gasteiger partial charge in [-0.05, 0) is 43.3 Å². The Balaban J connectivity index is 1.67. The van der Waals surface area contributed by atoms with Gasteiger partial charge in [-0.3, -0.25) is 5.01 Å². The van der Waals surface area contributed by atoms with Gasteiger partial charge in [-0.1, -0.05) is 23.9 Å². The Bertz CT molecular complexity index is 843. The van der Waals surface area contributed by atoms with E-state index < -0.39 is 12.0 Å². The summed E-state index contributed by atoms with van der Waals surface area (Å²) in [5.74, 6) is -0.990. The Morgan fingerprint density at radius 2 is 1.81 bits per heavy atom. The number of rotatable bonds is 4. The molecule has 0 fully saturated rings. The van der Waals surface area contributed by atoms with Gasteiger partial charge in [0.05, 0.1) is 0 Å². The van der Waals surface area contributed by atoms with Gasteiger partial charge in [0.2, 0.25) is 5.16 Å². The van der Waals surface area contributed by atoms with E-state index in [1.54, 1.807) is 5.01 Å². The average molecular weight is 399 g/mol. The number of hydrogen-bond acceptors (Lipinski definition) is 6. The van der Waals surface area contributed by atoms with Crippen molar-refractivity contribution in [3.63, 3.8) is 0 Å². The molecule has 0 spiro atoms. The number of hydrogen-bond donors (Lipinski definition) is 0. The van der Waals surface area contributed by atoms with E-state index in [4.69, 9.17) is 0 Å². The zero-order valence-corrected chi connectivity index (χ0v) is 15.7. The van der Waals surface area contributed by atoms with Gasteiger partial charge in [-0.2, -0.15) is 13.2 Å². The van der Waals surface area contributed by atoms with Crippen LogP contribution in [0.3, 0.4) is 0 Å². The lowest BCUT2D eigenvalue weighted by molar-refractivity contribution is -0.147. The minimum atomic E-state index is -4.55. The van der Waals surface area contributed by atoms with E-state index in [-0.39, 0.29) is 10.5 Å². The summed E-state index contributed by atoms with van der Waals surface area (Å²) in [5, 5.41) is 11.2. The molecule has 4 rings (SSSR count). The van der Waals surface area contributed by atoms with E-state index in [1.807, 2.05) is 29.7 Å². The Labute approximate surface area is 157 Å². The summed E-state index contributed by atoms with van der Waals surface area (Å²) in [4.78, 5) is 2.22. The van der Waals surface area contributed by atoms with Crippen molar-refractivity contribution < 1.29 is 13.2 Å². The standard InChI is InChI=1S/C16H16F3N5S2/c1-3-22(4-2)11-7-5-10(6-8-11)13-23-12(9-25-13)26-15-21-20-14(24(15)23)16(17,18)19/h5-9,13H,3-4H2,1-2H3. The molecule has 0 bridgehead atoms. The maximum atomic E-state index is 13.3. The molecular weight excluding hydrogens is 383 g/mol. The van der Waals surface area contributed by atoms with Gasteiger partial charge in [-0.25, -0.2) is 4.68 Å². The van der Waals surface area contributed by atoms with Gasteiger partial charge in [0.1, 0.15) is 10.4 Å². The molecule has 26 heavy (non-hydrogen) atoms. The summed E-state index contributed by atoms with van der Waals surface area (Å²) in [5.41, 5.74) is 2.04. The van der Waals surface area contributed by atoms with Crippen LogP contribution in [0.2, 0.25) is 0 Å². The number of alkyl halides is 3. The molecule has 1 aromatic carbocycles. The van der Waals surface area contributed by atoms with Crippen molar-refractivity contribution in [3.05, 3.63) is 46.1 Å². The predicted molar refractivity (Wildman–Crippen MR) is 97.5 cm³/mol. The topological polar surface area (TPSA) is 37.2 Å². The molecule has 1 aromatic heterocycles. The third-order valence-electron chi connectivity index (χ3n) is 4.33. The summed E-state index contributed by atoms with van der Waals surface area (Å²) in [6.07, 6.45) is -4.55. The molecule has 2 aromatic rings. The Morgan fingerprint density at radius 1 is 1.12 bits per heavy atom. The fourth-order valence-corrected chi connectivity index (χ4v) is 5.30. The average Bonchev–Trinajstić information content (AvgIpc) is 3.26. The molecule has 1 unspecified atom stereocenters. The lowest BCUT2D eigenvalue weighted by Gasteiger charge is -2.27. The van der Waals surface area contributed by atoms with Crippen LogP contribution < -0.4 is 9.91 Å². The quantitative estimate of drug-likeness (QED) is 0.757. The molecule has 10 heteroatoms. The van der Waals surface area contributed by atoms with Crippen molar-refractivity contribution in [2.75, 3.05) is 23.0 Å². The number of anilines is 1. The minimum Gasteiger partial charge on any atom is -0.372 e. The maximum absolute atomic E-state index is 13.3. The largest absolute Gasteiger partial charge is 0.453 e. The molecule has 2 aliphatic heterocycles. The monoisotopic (exact) mass is 399 g/mol. The number of benzene rings is 1. The van der Waals surface area contributed by atoms with Crippen LogP contribution in [0.5, 0.6) is 0 Å². The summed E-state index contributed by atoms with van der Waals surface area (Å²) < 4.78 is 41.0. The van der Waals surface area contributed by atoms with Crippen LogP contribution in [-0.4, -0.2) is 28.0 Å². The SMILES string of the molecule is CCN(CC)c1ccc(C2SC=C3Sc4nnc(C(F)(F)F)n4N32)cc1. The van der Waals surface area contributed by atoms with Crippen molar-refractivity contribution >= 4 is 29.2 Å². The second kappa shape index (κ2) is 6.41. The van der Waals surface area contributed by atoms with Gasteiger partial charge in [0.25, 0.3) is 5.82 Å². The lowest BCUT2D eigenvalue weighted by Crippen LogP contribution is -2.33. The highest BCUT2D eigenvalue weighted by atomic mass is 32.2. The predicted octanol–water partition coefficient (Wildman–Crippen LogP) is 4.43. The zero-order chi connectivity index (χ0) is 18.5. The minimum absolute atomic E-state index is 0.244. The summed E-state index contributed by atoms with van der Waals surface area (Å²) in [6.45, 7) is 5.99. The van der Waals surface area contributed by atoms with Crippen LogP contribution in [-0.2, 0) is 6.18 Å². The van der Waals surface area contributed by atoms with E-state index >= 15 is 0 Å². The second-order valence-corrected chi connectivity index (χ2v) is 7.71. The van der Waals surface area contributed by atoms with Crippen molar-refractivity contribution in [1.82, 2.24) is 14.9 Å². The number of aromatic nitrogens is 3. The molecule has 2 aliphatic rings. The smallest absolute Gasteiger partial charge is 0.372 e. The maximum Gasteiger partial charge on any atom is 0.453 e. The molecule has 3 heterocycles. The van der Waals surface area contributed by atoms with Crippen molar-refractivity contribution in [2.24, 2.45) is 0 Å². The molecule has 0 amide bonds. The van der Waals surface area contributed by atoms with Gasteiger partial charge < -0.3 is 4.90 Å². The Morgan fingerprint density at radius 3 is 2.42 bits per heavy atom. The molecule has 1 atom stereocenters. The first-order valence-corrected chi connectivity index (χ1v) is 9.90. The van der Waals surface area contributed by atoms with E-state index in [0.717, 1.165) is 34.0 Å². The molecule has 0 saturated heterocycles. The van der Waals surface area contributed by atoms with E-state index in [0.29, 0.717) is 0 Å². The Kier molecular flexibility index (Phi) is 4.34. The third-order valence-corrected chi connectivity index (χ3v) is 6.52. The normalized spacial score (nSPS) is 18.7. The summed E-state index contributed by atoms with van der Waals surface area (Å²) in [6, 6.07) is 7.98. The third kappa shape index (κ3) is 2.75. The molecule has 0 N–H and O–H groups in total. The molecule has 0 saturated carbocycles. The van der Waals surface area contributed by atoms with Crippen LogP contribution in [0.4, 0.5) is 18.9 Å². The van der Waals surface area contributed by atoms with Crippen LogP contribution in [0.1, 0.15) is 30.6 Å². The summed E-state index contributed by atoms with van der Waals surface area (Å²) in [7, 11) is 0. The number of thioether (sulfide) groups is 2. The molecule has 0 aliphatic carbocycles. The van der Waals surface area contributed by atoms with Gasteiger partial charge in [0, 0.05) is 24.2 Å². The zero-order valence-electron chi connectivity index (χ0n) is 14.1. The molecular formula is C16H16F3N5S2. The van der Waals surface area contributed by atoms with Crippen LogP contribution >= 0.6 is 23.5 Å². The van der Waals surface area contributed by atoms with Crippen LogP contribution in [0.15, 0.2) is 39.9 Å².